The maximum atomic E-state index is 10.1. The van der Waals surface area contributed by atoms with Crippen LogP contribution in [0.5, 0.6) is 0 Å². The summed E-state index contributed by atoms with van der Waals surface area (Å²) in [5.41, 5.74) is 0. The van der Waals surface area contributed by atoms with Gasteiger partial charge in [0.1, 0.15) is 0 Å². The van der Waals surface area contributed by atoms with Crippen LogP contribution in [0.3, 0.4) is 0 Å². The van der Waals surface area contributed by atoms with Crippen molar-refractivity contribution < 1.29 is 9.90 Å². The molecule has 0 saturated heterocycles. The molecule has 0 saturated carbocycles. The van der Waals surface area contributed by atoms with Crippen molar-refractivity contribution in [2.24, 2.45) is 0 Å². The summed E-state index contributed by atoms with van der Waals surface area (Å²) in [7, 11) is 0. The van der Waals surface area contributed by atoms with Gasteiger partial charge in [0.2, 0.25) is 0 Å². The first-order chi connectivity index (χ1) is 7.77. The molecular formula is C14H24O2. The number of carboxylic acid groups (broad SMARTS) is 1. The molecule has 0 aromatic carbocycles. The van der Waals surface area contributed by atoms with Gasteiger partial charge in [0, 0.05) is 6.08 Å². The molecule has 0 aromatic rings. The number of aliphatic carboxylic acids is 1. The van der Waals surface area contributed by atoms with Gasteiger partial charge in [-0.25, -0.2) is 4.79 Å². The third kappa shape index (κ3) is 12.9. The molecule has 0 heterocycles. The van der Waals surface area contributed by atoms with E-state index in [1.807, 2.05) is 12.2 Å². The molecule has 0 unspecified atom stereocenters. The van der Waals surface area contributed by atoms with E-state index in [-0.39, 0.29) is 0 Å². The van der Waals surface area contributed by atoms with E-state index in [2.05, 4.69) is 6.92 Å². The molecular weight excluding hydrogens is 200 g/mol. The summed E-state index contributed by atoms with van der Waals surface area (Å²) in [6, 6.07) is 0. The van der Waals surface area contributed by atoms with Gasteiger partial charge in [-0.3, -0.25) is 0 Å². The molecule has 0 aliphatic heterocycles. The third-order valence-corrected chi connectivity index (χ3v) is 2.46. The van der Waals surface area contributed by atoms with Crippen LogP contribution in [0.1, 0.15) is 58.3 Å². The van der Waals surface area contributed by atoms with Crippen LogP contribution in [0, 0.1) is 0 Å². The summed E-state index contributed by atoms with van der Waals surface area (Å²) in [6.45, 7) is 2.23. The zero-order chi connectivity index (χ0) is 12.1. The summed E-state index contributed by atoms with van der Waals surface area (Å²) in [6.07, 6.45) is 16.8. The molecule has 0 fully saturated rings. The molecule has 0 aromatic heterocycles. The van der Waals surface area contributed by atoms with Crippen molar-refractivity contribution in [2.45, 2.75) is 58.3 Å². The minimum absolute atomic E-state index is 0.888. The third-order valence-electron chi connectivity index (χ3n) is 2.46. The lowest BCUT2D eigenvalue weighted by molar-refractivity contribution is -0.131. The maximum Gasteiger partial charge on any atom is 0.328 e. The average molecular weight is 224 g/mol. The highest BCUT2D eigenvalue weighted by Gasteiger charge is 1.89. The van der Waals surface area contributed by atoms with Gasteiger partial charge in [-0.15, -0.1) is 0 Å². The van der Waals surface area contributed by atoms with Crippen molar-refractivity contribution in [3.05, 3.63) is 24.3 Å². The number of carboxylic acids is 1. The lowest BCUT2D eigenvalue weighted by Gasteiger charge is -1.98. The topological polar surface area (TPSA) is 37.3 Å². The lowest BCUT2D eigenvalue weighted by atomic mass is 10.1. The summed E-state index contributed by atoms with van der Waals surface area (Å²) in [5, 5.41) is 8.34. The highest BCUT2D eigenvalue weighted by Crippen LogP contribution is 2.08. The van der Waals surface area contributed by atoms with E-state index in [1.165, 1.54) is 44.9 Å². The number of hydrogen-bond acceptors (Lipinski definition) is 1. The molecule has 0 bridgehead atoms. The molecule has 16 heavy (non-hydrogen) atoms. The highest BCUT2D eigenvalue weighted by molar-refractivity contribution is 5.80. The largest absolute Gasteiger partial charge is 0.478 e. The summed E-state index contributed by atoms with van der Waals surface area (Å²) < 4.78 is 0. The van der Waals surface area contributed by atoms with Gasteiger partial charge >= 0.3 is 5.97 Å². The zero-order valence-corrected chi connectivity index (χ0v) is 10.3. The quantitative estimate of drug-likeness (QED) is 0.341. The number of carbonyl (C=O) groups is 1. The Hall–Kier alpha value is -1.05. The van der Waals surface area contributed by atoms with Crippen LogP contribution in [0.2, 0.25) is 0 Å². The van der Waals surface area contributed by atoms with Crippen LogP contribution in [-0.2, 0) is 4.79 Å². The second kappa shape index (κ2) is 12.0. The van der Waals surface area contributed by atoms with Gasteiger partial charge in [-0.1, -0.05) is 63.7 Å². The molecule has 0 amide bonds. The minimum atomic E-state index is -0.888. The molecule has 1 N–H and O–H groups in total. The molecule has 0 aliphatic rings. The second-order valence-electron chi connectivity index (χ2n) is 4.04. The Bertz CT molecular complexity index is 217. The van der Waals surface area contributed by atoms with Gasteiger partial charge in [0.05, 0.1) is 0 Å². The summed E-state index contributed by atoms with van der Waals surface area (Å²) in [4.78, 5) is 10.1. The van der Waals surface area contributed by atoms with Gasteiger partial charge in [-0.05, 0) is 12.8 Å². The SMILES string of the molecule is CCCCCCCCCC=C/C=C/C(=O)O. The molecule has 0 atom stereocenters. The molecule has 92 valence electrons. The van der Waals surface area contributed by atoms with Gasteiger partial charge in [-0.2, -0.15) is 0 Å². The number of allylic oxidation sites excluding steroid dienone is 3. The standard InChI is InChI=1S/C14H24O2/c1-2-3-4-5-6-7-8-9-10-11-12-13-14(15)16/h10-13H,2-9H2,1H3,(H,15,16)/b11-10?,13-12+. The molecule has 0 aliphatic carbocycles. The van der Waals surface area contributed by atoms with Crippen molar-refractivity contribution in [1.82, 2.24) is 0 Å². The first-order valence-corrected chi connectivity index (χ1v) is 6.33. The number of rotatable bonds is 10. The fraction of sp³-hybridized carbons (Fsp3) is 0.643. The van der Waals surface area contributed by atoms with E-state index >= 15 is 0 Å². The number of hydrogen-bond donors (Lipinski definition) is 1. The molecule has 0 spiro atoms. The van der Waals surface area contributed by atoms with E-state index in [4.69, 9.17) is 5.11 Å². The first kappa shape index (κ1) is 14.9. The van der Waals surface area contributed by atoms with Crippen molar-refractivity contribution in [3.63, 3.8) is 0 Å². The van der Waals surface area contributed by atoms with Crippen molar-refractivity contribution in [2.75, 3.05) is 0 Å². The lowest BCUT2D eigenvalue weighted by Crippen LogP contribution is -1.84. The zero-order valence-electron chi connectivity index (χ0n) is 10.3. The van der Waals surface area contributed by atoms with Gasteiger partial charge < -0.3 is 5.11 Å². The van der Waals surface area contributed by atoms with E-state index in [9.17, 15) is 4.79 Å². The molecule has 2 nitrogen and oxygen atoms in total. The van der Waals surface area contributed by atoms with E-state index in [1.54, 1.807) is 6.08 Å². The predicted molar refractivity (Wildman–Crippen MR) is 68.5 cm³/mol. The van der Waals surface area contributed by atoms with Gasteiger partial charge in [0.15, 0.2) is 0 Å². The molecule has 0 rings (SSSR count). The average Bonchev–Trinajstić information content (AvgIpc) is 2.25. The van der Waals surface area contributed by atoms with Crippen LogP contribution < -0.4 is 0 Å². The summed E-state index contributed by atoms with van der Waals surface area (Å²) in [5.74, 6) is -0.888. The van der Waals surface area contributed by atoms with Crippen LogP contribution in [-0.4, -0.2) is 11.1 Å². The van der Waals surface area contributed by atoms with E-state index in [0.717, 1.165) is 12.5 Å². The Morgan fingerprint density at radius 2 is 1.62 bits per heavy atom. The minimum Gasteiger partial charge on any atom is -0.478 e. The molecule has 0 radical (unpaired) electrons. The van der Waals surface area contributed by atoms with Crippen LogP contribution in [0.4, 0.5) is 0 Å². The fourth-order valence-electron chi connectivity index (χ4n) is 1.53. The Labute approximate surface area is 99.1 Å². The van der Waals surface area contributed by atoms with Crippen LogP contribution in [0.15, 0.2) is 24.3 Å². The second-order valence-corrected chi connectivity index (χ2v) is 4.04. The normalized spacial score (nSPS) is 11.6. The Balaban J connectivity index is 3.17. The van der Waals surface area contributed by atoms with Gasteiger partial charge in [0.25, 0.3) is 0 Å². The fourth-order valence-corrected chi connectivity index (χ4v) is 1.53. The van der Waals surface area contributed by atoms with Crippen molar-refractivity contribution >= 4 is 5.97 Å². The molecule has 2 heteroatoms. The highest BCUT2D eigenvalue weighted by atomic mass is 16.4. The predicted octanol–water partition coefficient (Wildman–Crippen LogP) is 4.32. The van der Waals surface area contributed by atoms with E-state index < -0.39 is 5.97 Å². The Kier molecular flexibility index (Phi) is 11.2. The van der Waals surface area contributed by atoms with Crippen LogP contribution in [0.25, 0.3) is 0 Å². The van der Waals surface area contributed by atoms with E-state index in [0.29, 0.717) is 0 Å². The summed E-state index contributed by atoms with van der Waals surface area (Å²) >= 11 is 0. The Morgan fingerprint density at radius 3 is 2.25 bits per heavy atom. The number of unbranched alkanes of at least 4 members (excludes halogenated alkanes) is 7. The maximum absolute atomic E-state index is 10.1. The Morgan fingerprint density at radius 1 is 1.00 bits per heavy atom. The monoisotopic (exact) mass is 224 g/mol. The first-order valence-electron chi connectivity index (χ1n) is 6.33. The smallest absolute Gasteiger partial charge is 0.328 e. The van der Waals surface area contributed by atoms with Crippen LogP contribution >= 0.6 is 0 Å². The van der Waals surface area contributed by atoms with Crippen molar-refractivity contribution in [3.8, 4) is 0 Å². The van der Waals surface area contributed by atoms with Crippen molar-refractivity contribution in [1.29, 1.82) is 0 Å².